The van der Waals surface area contributed by atoms with E-state index in [0.717, 1.165) is 0 Å². The van der Waals surface area contributed by atoms with Crippen LogP contribution in [0.15, 0.2) is 42.6 Å². The molecule has 0 atom stereocenters. The highest BCUT2D eigenvalue weighted by Gasteiger charge is 2.15. The van der Waals surface area contributed by atoms with Crippen molar-refractivity contribution in [1.29, 1.82) is 0 Å². The predicted octanol–water partition coefficient (Wildman–Crippen LogP) is 4.18. The summed E-state index contributed by atoms with van der Waals surface area (Å²) in [6.07, 6.45) is 1.49. The molecule has 0 unspecified atom stereocenters. The Kier molecular flexibility index (Phi) is 5.48. The zero-order chi connectivity index (χ0) is 19.6. The van der Waals surface area contributed by atoms with E-state index < -0.39 is 5.91 Å². The average Bonchev–Trinajstić information content (AvgIpc) is 2.63. The molecule has 2 amide bonds. The van der Waals surface area contributed by atoms with Gasteiger partial charge < -0.3 is 15.8 Å². The van der Waals surface area contributed by atoms with Crippen LogP contribution in [0.5, 0.6) is 5.75 Å². The highest BCUT2D eigenvalue weighted by Crippen LogP contribution is 2.34. The Morgan fingerprint density at radius 1 is 1.15 bits per heavy atom. The number of nitrogens with zero attached hydrogens (tertiary/aromatic N) is 1. The van der Waals surface area contributed by atoms with Crippen molar-refractivity contribution < 1.29 is 14.3 Å². The molecule has 138 valence electrons. The number of ether oxygens (including phenoxy) is 1. The fourth-order valence-corrected chi connectivity index (χ4v) is 3.19. The van der Waals surface area contributed by atoms with Gasteiger partial charge in [0.2, 0.25) is 5.91 Å². The first-order chi connectivity index (χ1) is 12.9. The lowest BCUT2D eigenvalue weighted by molar-refractivity contribution is -0.114. The van der Waals surface area contributed by atoms with E-state index in [1.807, 2.05) is 0 Å². The van der Waals surface area contributed by atoms with E-state index in [2.05, 4.69) is 10.3 Å². The molecule has 27 heavy (non-hydrogen) atoms. The topological polar surface area (TPSA) is 94.3 Å². The number of carbonyl (C=O) groups excluding carboxylic acids is 2. The summed E-state index contributed by atoms with van der Waals surface area (Å²) in [4.78, 5) is 26.9. The molecule has 1 heterocycles. The lowest BCUT2D eigenvalue weighted by atomic mass is 10.1. The first-order valence-corrected chi connectivity index (χ1v) is 8.69. The molecule has 0 fully saturated rings. The summed E-state index contributed by atoms with van der Waals surface area (Å²) in [6, 6.07) is 10.2. The Labute approximate surface area is 165 Å². The zero-order valence-electron chi connectivity index (χ0n) is 14.3. The van der Waals surface area contributed by atoms with Gasteiger partial charge in [0.1, 0.15) is 18.1 Å². The first kappa shape index (κ1) is 18.9. The number of benzene rings is 2. The Hall–Kier alpha value is -2.83. The fourth-order valence-electron chi connectivity index (χ4n) is 2.67. The second kappa shape index (κ2) is 7.82. The molecule has 3 aromatic rings. The highest BCUT2D eigenvalue weighted by atomic mass is 35.5. The molecule has 0 bridgehead atoms. The van der Waals surface area contributed by atoms with E-state index in [9.17, 15) is 9.59 Å². The Morgan fingerprint density at radius 2 is 1.93 bits per heavy atom. The molecule has 1 aromatic heterocycles. The van der Waals surface area contributed by atoms with Crippen LogP contribution in [0.4, 0.5) is 5.69 Å². The quantitative estimate of drug-likeness (QED) is 0.667. The van der Waals surface area contributed by atoms with Crippen molar-refractivity contribution in [3.63, 3.8) is 0 Å². The summed E-state index contributed by atoms with van der Waals surface area (Å²) in [5, 5.41) is 4.63. The number of halogens is 2. The molecule has 0 aliphatic heterocycles. The third kappa shape index (κ3) is 3.97. The molecular formula is C19H15Cl2N3O3. The van der Waals surface area contributed by atoms with Crippen LogP contribution in [0, 0.1) is 0 Å². The van der Waals surface area contributed by atoms with Crippen molar-refractivity contribution in [3.8, 4) is 5.75 Å². The standard InChI is InChI=1S/C19H15Cl2N3O3/c1-10(25)24-15-6-5-14(20)13(17(15)21)9-27-16-4-2-3-12-11(16)7-8-23-18(12)19(22)26/h2-8H,9H2,1H3,(H2,22,26)(H,24,25). The largest absolute Gasteiger partial charge is 0.488 e. The maximum Gasteiger partial charge on any atom is 0.267 e. The highest BCUT2D eigenvalue weighted by molar-refractivity contribution is 6.38. The third-order valence-electron chi connectivity index (χ3n) is 3.87. The number of hydrogen-bond acceptors (Lipinski definition) is 4. The van der Waals surface area contributed by atoms with Gasteiger partial charge in [-0.05, 0) is 24.3 Å². The van der Waals surface area contributed by atoms with Crippen LogP contribution in [0.25, 0.3) is 10.8 Å². The molecule has 3 N–H and O–H groups in total. The molecule has 2 aromatic carbocycles. The van der Waals surface area contributed by atoms with Gasteiger partial charge in [-0.25, -0.2) is 0 Å². The molecule has 6 nitrogen and oxygen atoms in total. The molecular weight excluding hydrogens is 389 g/mol. The lowest BCUT2D eigenvalue weighted by Crippen LogP contribution is -2.13. The van der Waals surface area contributed by atoms with Crippen molar-refractivity contribution in [3.05, 3.63) is 63.9 Å². The molecule has 8 heteroatoms. The van der Waals surface area contributed by atoms with E-state index in [4.69, 9.17) is 33.7 Å². The Balaban J connectivity index is 1.95. The van der Waals surface area contributed by atoms with E-state index in [1.54, 1.807) is 36.4 Å². The molecule has 0 spiro atoms. The molecule has 0 saturated carbocycles. The maximum atomic E-state index is 11.6. The monoisotopic (exact) mass is 403 g/mol. The van der Waals surface area contributed by atoms with Crippen LogP contribution in [0.1, 0.15) is 23.0 Å². The summed E-state index contributed by atoms with van der Waals surface area (Å²) in [6.45, 7) is 1.46. The molecule has 0 saturated heterocycles. The number of nitrogens with one attached hydrogen (secondary N) is 1. The minimum Gasteiger partial charge on any atom is -0.488 e. The second-order valence-corrected chi connectivity index (χ2v) is 6.52. The fraction of sp³-hybridized carbons (Fsp3) is 0.105. The van der Waals surface area contributed by atoms with Crippen molar-refractivity contribution in [2.24, 2.45) is 5.73 Å². The van der Waals surface area contributed by atoms with E-state index in [0.29, 0.717) is 37.8 Å². The van der Waals surface area contributed by atoms with Gasteiger partial charge in [-0.3, -0.25) is 14.6 Å². The molecule has 0 aliphatic carbocycles. The molecule has 3 rings (SSSR count). The van der Waals surface area contributed by atoms with E-state index >= 15 is 0 Å². The summed E-state index contributed by atoms with van der Waals surface area (Å²) < 4.78 is 5.90. The van der Waals surface area contributed by atoms with Gasteiger partial charge >= 0.3 is 0 Å². The molecule has 0 radical (unpaired) electrons. The summed E-state index contributed by atoms with van der Waals surface area (Å²) in [5.41, 5.74) is 6.53. The predicted molar refractivity (Wildman–Crippen MR) is 105 cm³/mol. The van der Waals surface area contributed by atoms with Crippen molar-refractivity contribution >= 4 is 51.5 Å². The van der Waals surface area contributed by atoms with Crippen LogP contribution in [-0.2, 0) is 11.4 Å². The smallest absolute Gasteiger partial charge is 0.267 e. The minimum absolute atomic E-state index is 0.0679. The summed E-state index contributed by atoms with van der Waals surface area (Å²) >= 11 is 12.6. The van der Waals surface area contributed by atoms with Crippen molar-refractivity contribution in [2.45, 2.75) is 13.5 Å². The normalized spacial score (nSPS) is 10.6. The minimum atomic E-state index is -0.619. The van der Waals surface area contributed by atoms with Gasteiger partial charge in [0.25, 0.3) is 5.91 Å². The van der Waals surface area contributed by atoms with Crippen molar-refractivity contribution in [1.82, 2.24) is 4.98 Å². The van der Waals surface area contributed by atoms with Gasteiger partial charge in [-0.2, -0.15) is 0 Å². The Bertz CT molecular complexity index is 1050. The number of fused-ring (bicyclic) bond motifs is 1. The number of carbonyl (C=O) groups is 2. The van der Waals surface area contributed by atoms with Gasteiger partial charge in [0, 0.05) is 34.5 Å². The number of primary amides is 1. The average molecular weight is 404 g/mol. The van der Waals surface area contributed by atoms with Gasteiger partial charge in [-0.15, -0.1) is 0 Å². The van der Waals surface area contributed by atoms with Crippen LogP contribution in [0.3, 0.4) is 0 Å². The van der Waals surface area contributed by atoms with Crippen LogP contribution < -0.4 is 15.8 Å². The first-order valence-electron chi connectivity index (χ1n) is 7.93. The Morgan fingerprint density at radius 3 is 2.63 bits per heavy atom. The number of hydrogen-bond donors (Lipinski definition) is 2. The zero-order valence-corrected chi connectivity index (χ0v) is 15.8. The third-order valence-corrected chi connectivity index (χ3v) is 4.65. The van der Waals surface area contributed by atoms with Crippen LogP contribution in [0.2, 0.25) is 10.0 Å². The van der Waals surface area contributed by atoms with E-state index in [1.165, 1.54) is 13.1 Å². The second-order valence-electron chi connectivity index (χ2n) is 5.73. The van der Waals surface area contributed by atoms with Gasteiger partial charge in [-0.1, -0.05) is 35.3 Å². The number of amides is 2. The number of aromatic nitrogens is 1. The summed E-state index contributed by atoms with van der Waals surface area (Å²) in [7, 11) is 0. The molecule has 0 aliphatic rings. The van der Waals surface area contributed by atoms with E-state index in [-0.39, 0.29) is 18.2 Å². The maximum absolute atomic E-state index is 11.6. The number of nitrogens with two attached hydrogens (primary N) is 1. The van der Waals surface area contributed by atoms with Crippen LogP contribution >= 0.6 is 23.2 Å². The number of rotatable bonds is 5. The van der Waals surface area contributed by atoms with Crippen molar-refractivity contribution in [2.75, 3.05) is 5.32 Å². The van der Waals surface area contributed by atoms with Crippen LogP contribution in [-0.4, -0.2) is 16.8 Å². The van der Waals surface area contributed by atoms with Gasteiger partial charge in [0.05, 0.1) is 10.7 Å². The number of anilines is 1. The SMILES string of the molecule is CC(=O)Nc1ccc(Cl)c(COc2cccc3c(C(N)=O)nccc23)c1Cl. The van der Waals surface area contributed by atoms with Gasteiger partial charge in [0.15, 0.2) is 0 Å². The number of pyridine rings is 1. The lowest BCUT2D eigenvalue weighted by Gasteiger charge is -2.14. The summed E-state index contributed by atoms with van der Waals surface area (Å²) in [5.74, 6) is -0.340.